The zero-order chi connectivity index (χ0) is 12.5. The molecule has 0 aromatic rings. The number of hydrogen-bond acceptors (Lipinski definition) is 3. The summed E-state index contributed by atoms with van der Waals surface area (Å²) in [6.45, 7) is 4.86. The van der Waals surface area contributed by atoms with Crippen LogP contribution in [0.5, 0.6) is 0 Å². The van der Waals surface area contributed by atoms with Crippen LogP contribution in [0.4, 0.5) is 0 Å². The molecule has 0 bridgehead atoms. The average Bonchev–Trinajstić information content (AvgIpc) is 2.60. The highest BCUT2D eigenvalue weighted by atomic mass is 16.5. The second kappa shape index (κ2) is 4.94. The molecule has 98 valence electrons. The van der Waals surface area contributed by atoms with Crippen LogP contribution in [0, 0.1) is 5.92 Å². The first-order valence-corrected chi connectivity index (χ1v) is 6.70. The lowest BCUT2D eigenvalue weighted by molar-refractivity contribution is -0.128. The van der Waals surface area contributed by atoms with E-state index >= 15 is 0 Å². The van der Waals surface area contributed by atoms with Crippen molar-refractivity contribution in [2.75, 3.05) is 6.61 Å². The second-order valence-corrected chi connectivity index (χ2v) is 5.78. The molecular weight excluding hydrogens is 216 g/mol. The molecule has 2 unspecified atom stereocenters. The minimum absolute atomic E-state index is 0.109. The highest BCUT2D eigenvalue weighted by Crippen LogP contribution is 2.28. The molecule has 2 atom stereocenters. The summed E-state index contributed by atoms with van der Waals surface area (Å²) in [4.78, 5) is 12.2. The quantitative estimate of drug-likeness (QED) is 0.762. The van der Waals surface area contributed by atoms with Crippen molar-refractivity contribution in [2.45, 2.75) is 63.6 Å². The Labute approximate surface area is 103 Å². The van der Waals surface area contributed by atoms with Gasteiger partial charge in [-0.3, -0.25) is 4.79 Å². The Morgan fingerprint density at radius 1 is 1.35 bits per heavy atom. The van der Waals surface area contributed by atoms with Crippen LogP contribution in [-0.2, 0) is 9.53 Å². The number of carbonyl (C=O) groups excluding carboxylic acids is 1. The molecule has 1 heterocycles. The zero-order valence-corrected chi connectivity index (χ0v) is 10.9. The maximum absolute atomic E-state index is 12.2. The standard InChI is InChI=1S/C13H24N2O2/c1-9-13(2,7-8-17-9)15-12(16)10-3-5-11(14)6-4-10/h9-11H,3-8,14H2,1-2H3,(H,15,16). The highest BCUT2D eigenvalue weighted by molar-refractivity contribution is 5.79. The van der Waals surface area contributed by atoms with E-state index in [0.717, 1.165) is 38.7 Å². The van der Waals surface area contributed by atoms with E-state index in [2.05, 4.69) is 12.2 Å². The monoisotopic (exact) mass is 240 g/mol. The fourth-order valence-corrected chi connectivity index (χ4v) is 2.76. The summed E-state index contributed by atoms with van der Waals surface area (Å²) in [7, 11) is 0. The Morgan fingerprint density at radius 2 is 2.00 bits per heavy atom. The SMILES string of the molecule is CC1OCCC1(C)NC(=O)C1CCC(N)CC1. The Balaban J connectivity index is 1.88. The normalized spacial score (nSPS) is 42.4. The summed E-state index contributed by atoms with van der Waals surface area (Å²) in [6.07, 6.45) is 4.82. The van der Waals surface area contributed by atoms with Gasteiger partial charge in [0.1, 0.15) is 0 Å². The van der Waals surface area contributed by atoms with Gasteiger partial charge in [-0.15, -0.1) is 0 Å². The van der Waals surface area contributed by atoms with E-state index in [0.29, 0.717) is 6.04 Å². The summed E-state index contributed by atoms with van der Waals surface area (Å²) < 4.78 is 5.54. The smallest absolute Gasteiger partial charge is 0.223 e. The lowest BCUT2D eigenvalue weighted by atomic mass is 9.84. The fourth-order valence-electron chi connectivity index (χ4n) is 2.76. The average molecular weight is 240 g/mol. The molecular formula is C13H24N2O2. The fraction of sp³-hybridized carbons (Fsp3) is 0.923. The van der Waals surface area contributed by atoms with Gasteiger partial charge in [-0.1, -0.05) is 0 Å². The maximum atomic E-state index is 12.2. The number of carbonyl (C=O) groups is 1. The molecule has 4 nitrogen and oxygen atoms in total. The van der Waals surface area contributed by atoms with Crippen LogP contribution in [0.2, 0.25) is 0 Å². The third kappa shape index (κ3) is 2.80. The third-order valence-corrected chi connectivity index (χ3v) is 4.44. The summed E-state index contributed by atoms with van der Waals surface area (Å²) >= 11 is 0. The second-order valence-electron chi connectivity index (χ2n) is 5.78. The van der Waals surface area contributed by atoms with Gasteiger partial charge in [0.2, 0.25) is 5.91 Å². The molecule has 0 radical (unpaired) electrons. The molecule has 4 heteroatoms. The van der Waals surface area contributed by atoms with Crippen LogP contribution in [0.3, 0.4) is 0 Å². The number of amides is 1. The number of nitrogens with one attached hydrogen (secondary N) is 1. The van der Waals surface area contributed by atoms with Gasteiger partial charge < -0.3 is 15.8 Å². The van der Waals surface area contributed by atoms with Gasteiger partial charge >= 0.3 is 0 Å². The predicted molar refractivity (Wildman–Crippen MR) is 66.5 cm³/mol. The first-order valence-electron chi connectivity index (χ1n) is 6.70. The molecule has 2 rings (SSSR count). The zero-order valence-electron chi connectivity index (χ0n) is 10.9. The summed E-state index contributed by atoms with van der Waals surface area (Å²) in [6, 6.07) is 0.295. The summed E-state index contributed by atoms with van der Waals surface area (Å²) in [5.41, 5.74) is 5.67. The Bertz CT molecular complexity index is 287. The molecule has 2 fully saturated rings. The molecule has 3 N–H and O–H groups in total. The lowest BCUT2D eigenvalue weighted by Crippen LogP contribution is -2.53. The molecule has 0 spiro atoms. The van der Waals surface area contributed by atoms with E-state index in [-0.39, 0.29) is 23.5 Å². The van der Waals surface area contributed by atoms with E-state index in [9.17, 15) is 4.79 Å². The van der Waals surface area contributed by atoms with Crippen molar-refractivity contribution < 1.29 is 9.53 Å². The Morgan fingerprint density at radius 3 is 2.53 bits per heavy atom. The van der Waals surface area contributed by atoms with Gasteiger partial charge in [0, 0.05) is 18.6 Å². The van der Waals surface area contributed by atoms with E-state index < -0.39 is 0 Å². The number of nitrogens with two attached hydrogens (primary N) is 1. The van der Waals surface area contributed by atoms with Crippen LogP contribution < -0.4 is 11.1 Å². The van der Waals surface area contributed by atoms with Gasteiger partial charge in [-0.2, -0.15) is 0 Å². The van der Waals surface area contributed by atoms with Gasteiger partial charge in [-0.25, -0.2) is 0 Å². The Kier molecular flexibility index (Phi) is 3.73. The van der Waals surface area contributed by atoms with E-state index in [1.165, 1.54) is 0 Å². The highest BCUT2D eigenvalue weighted by Gasteiger charge is 2.39. The van der Waals surface area contributed by atoms with E-state index in [4.69, 9.17) is 10.5 Å². The van der Waals surface area contributed by atoms with Gasteiger partial charge in [0.15, 0.2) is 0 Å². The van der Waals surface area contributed by atoms with Crippen molar-refractivity contribution >= 4 is 5.91 Å². The van der Waals surface area contributed by atoms with Crippen molar-refractivity contribution in [3.8, 4) is 0 Å². The third-order valence-electron chi connectivity index (χ3n) is 4.44. The Hall–Kier alpha value is -0.610. The molecule has 0 aromatic heterocycles. The number of hydrogen-bond donors (Lipinski definition) is 2. The van der Waals surface area contributed by atoms with Crippen molar-refractivity contribution in [1.82, 2.24) is 5.32 Å². The van der Waals surface area contributed by atoms with E-state index in [1.807, 2.05) is 6.92 Å². The van der Waals surface area contributed by atoms with E-state index in [1.54, 1.807) is 0 Å². The minimum Gasteiger partial charge on any atom is -0.376 e. The van der Waals surface area contributed by atoms with Crippen molar-refractivity contribution in [2.24, 2.45) is 11.7 Å². The summed E-state index contributed by atoms with van der Waals surface area (Å²) in [5.74, 6) is 0.344. The number of ether oxygens (including phenoxy) is 1. The predicted octanol–water partition coefficient (Wildman–Crippen LogP) is 1.19. The van der Waals surface area contributed by atoms with Crippen LogP contribution in [0.25, 0.3) is 0 Å². The number of rotatable bonds is 2. The minimum atomic E-state index is -0.184. The first-order chi connectivity index (χ1) is 8.01. The molecule has 1 saturated heterocycles. The maximum Gasteiger partial charge on any atom is 0.223 e. The van der Waals surface area contributed by atoms with Gasteiger partial charge in [-0.05, 0) is 46.0 Å². The van der Waals surface area contributed by atoms with Crippen LogP contribution >= 0.6 is 0 Å². The topological polar surface area (TPSA) is 64.3 Å². The molecule has 1 saturated carbocycles. The van der Waals surface area contributed by atoms with Gasteiger partial charge in [0.05, 0.1) is 11.6 Å². The van der Waals surface area contributed by atoms with Crippen molar-refractivity contribution in [3.63, 3.8) is 0 Å². The molecule has 1 amide bonds. The molecule has 0 aromatic carbocycles. The van der Waals surface area contributed by atoms with Crippen LogP contribution in [0.15, 0.2) is 0 Å². The van der Waals surface area contributed by atoms with Crippen LogP contribution in [-0.4, -0.2) is 30.2 Å². The van der Waals surface area contributed by atoms with Crippen molar-refractivity contribution in [3.05, 3.63) is 0 Å². The lowest BCUT2D eigenvalue weighted by Gasteiger charge is -2.32. The summed E-state index contributed by atoms with van der Waals surface area (Å²) in [5, 5.41) is 3.18. The largest absolute Gasteiger partial charge is 0.376 e. The van der Waals surface area contributed by atoms with Crippen molar-refractivity contribution in [1.29, 1.82) is 0 Å². The molecule has 2 aliphatic rings. The van der Waals surface area contributed by atoms with Crippen LogP contribution in [0.1, 0.15) is 46.0 Å². The van der Waals surface area contributed by atoms with Gasteiger partial charge in [0.25, 0.3) is 0 Å². The molecule has 17 heavy (non-hydrogen) atoms. The molecule has 1 aliphatic carbocycles. The molecule has 1 aliphatic heterocycles. The first kappa shape index (κ1) is 12.8.